The summed E-state index contributed by atoms with van der Waals surface area (Å²) < 4.78 is 0. The van der Waals surface area contributed by atoms with Crippen LogP contribution in [0, 0.1) is 5.41 Å². The average molecular weight is 152 g/mol. The lowest BCUT2D eigenvalue weighted by molar-refractivity contribution is 0.196. The van der Waals surface area contributed by atoms with Gasteiger partial charge in [-0.15, -0.1) is 0 Å². The summed E-state index contributed by atoms with van der Waals surface area (Å²) in [5, 5.41) is 0. The number of hydrogen-bond donors (Lipinski definition) is 0. The third kappa shape index (κ3) is 2.08. The van der Waals surface area contributed by atoms with Crippen molar-refractivity contribution < 1.29 is 0 Å². The van der Waals surface area contributed by atoms with Gasteiger partial charge in [-0.25, -0.2) is 0 Å². The first-order chi connectivity index (χ1) is 5.33. The molecule has 0 aliphatic heterocycles. The van der Waals surface area contributed by atoms with Gasteiger partial charge in [0.25, 0.3) is 0 Å². The lowest BCUT2D eigenvalue weighted by atomic mass is 9.67. The normalized spacial score (nSPS) is 22.0. The minimum absolute atomic E-state index is 0.634. The van der Waals surface area contributed by atoms with Gasteiger partial charge >= 0.3 is 0 Å². The largest absolute Gasteiger partial charge is 0.0880 e. The fraction of sp³-hybridized carbons (Fsp3) is 0.818. The standard InChI is InChI=1S/C11H20/c1-3-5-6-8-11(4-2)9-7-10-11/h6,8H,3-5,7,9-10H2,1-2H3. The molecule has 1 fully saturated rings. The minimum atomic E-state index is 0.634. The molecule has 11 heavy (non-hydrogen) atoms. The van der Waals surface area contributed by atoms with E-state index in [0.717, 1.165) is 0 Å². The van der Waals surface area contributed by atoms with Crippen LogP contribution in [0.15, 0.2) is 12.2 Å². The number of allylic oxidation sites excluding steroid dienone is 2. The average Bonchev–Trinajstić information content (AvgIpc) is 1.95. The molecule has 0 radical (unpaired) electrons. The number of rotatable bonds is 4. The molecule has 0 bridgehead atoms. The molecule has 0 atom stereocenters. The van der Waals surface area contributed by atoms with Crippen molar-refractivity contribution in [3.63, 3.8) is 0 Å². The van der Waals surface area contributed by atoms with E-state index in [1.54, 1.807) is 0 Å². The molecule has 1 aliphatic carbocycles. The van der Waals surface area contributed by atoms with Gasteiger partial charge in [-0.05, 0) is 31.1 Å². The van der Waals surface area contributed by atoms with E-state index in [2.05, 4.69) is 26.0 Å². The smallest absolute Gasteiger partial charge is 0.0121 e. The van der Waals surface area contributed by atoms with Crippen LogP contribution in [-0.2, 0) is 0 Å². The fourth-order valence-corrected chi connectivity index (χ4v) is 1.77. The van der Waals surface area contributed by atoms with Crippen molar-refractivity contribution in [1.29, 1.82) is 0 Å². The highest BCUT2D eigenvalue weighted by Crippen LogP contribution is 2.44. The summed E-state index contributed by atoms with van der Waals surface area (Å²) in [6, 6.07) is 0. The Balaban J connectivity index is 2.31. The molecule has 0 amide bonds. The van der Waals surface area contributed by atoms with Crippen LogP contribution in [0.5, 0.6) is 0 Å². The maximum Gasteiger partial charge on any atom is -0.0121 e. The highest BCUT2D eigenvalue weighted by molar-refractivity contribution is 5.03. The molecule has 0 heterocycles. The summed E-state index contributed by atoms with van der Waals surface area (Å²) in [4.78, 5) is 0. The second-order valence-corrected chi connectivity index (χ2v) is 3.76. The minimum Gasteiger partial charge on any atom is -0.0880 e. The van der Waals surface area contributed by atoms with Crippen LogP contribution in [0.1, 0.15) is 52.4 Å². The van der Waals surface area contributed by atoms with E-state index in [9.17, 15) is 0 Å². The van der Waals surface area contributed by atoms with Gasteiger partial charge in [0.15, 0.2) is 0 Å². The molecular weight excluding hydrogens is 132 g/mol. The Hall–Kier alpha value is -0.260. The Labute approximate surface area is 70.7 Å². The molecule has 0 heteroatoms. The van der Waals surface area contributed by atoms with Gasteiger partial charge < -0.3 is 0 Å². The molecule has 0 N–H and O–H groups in total. The summed E-state index contributed by atoms with van der Waals surface area (Å²) >= 11 is 0. The lowest BCUT2D eigenvalue weighted by Gasteiger charge is -2.38. The first-order valence-corrected chi connectivity index (χ1v) is 5.01. The van der Waals surface area contributed by atoms with E-state index in [4.69, 9.17) is 0 Å². The van der Waals surface area contributed by atoms with Crippen LogP contribution in [0.25, 0.3) is 0 Å². The van der Waals surface area contributed by atoms with Gasteiger partial charge in [0, 0.05) is 0 Å². The van der Waals surface area contributed by atoms with E-state index in [1.165, 1.54) is 38.5 Å². The fourth-order valence-electron chi connectivity index (χ4n) is 1.77. The molecule has 0 nitrogen and oxygen atoms in total. The number of unbranched alkanes of at least 4 members (excludes halogenated alkanes) is 1. The van der Waals surface area contributed by atoms with E-state index < -0.39 is 0 Å². The summed E-state index contributed by atoms with van der Waals surface area (Å²) in [5.41, 5.74) is 0.634. The molecule has 0 aromatic rings. The van der Waals surface area contributed by atoms with Crippen molar-refractivity contribution in [2.24, 2.45) is 5.41 Å². The number of hydrogen-bond acceptors (Lipinski definition) is 0. The van der Waals surface area contributed by atoms with E-state index >= 15 is 0 Å². The van der Waals surface area contributed by atoms with Crippen molar-refractivity contribution in [2.45, 2.75) is 52.4 Å². The maximum atomic E-state index is 2.47. The highest BCUT2D eigenvalue weighted by atomic mass is 14.4. The van der Waals surface area contributed by atoms with Crippen LogP contribution in [0.4, 0.5) is 0 Å². The van der Waals surface area contributed by atoms with Gasteiger partial charge in [-0.2, -0.15) is 0 Å². The first-order valence-electron chi connectivity index (χ1n) is 5.01. The highest BCUT2D eigenvalue weighted by Gasteiger charge is 2.31. The molecular formula is C11H20. The Morgan fingerprint density at radius 2 is 2.00 bits per heavy atom. The van der Waals surface area contributed by atoms with Crippen molar-refractivity contribution >= 4 is 0 Å². The monoisotopic (exact) mass is 152 g/mol. The second-order valence-electron chi connectivity index (χ2n) is 3.76. The van der Waals surface area contributed by atoms with Crippen molar-refractivity contribution in [3.05, 3.63) is 12.2 Å². The quantitative estimate of drug-likeness (QED) is 0.535. The molecule has 1 saturated carbocycles. The van der Waals surface area contributed by atoms with Crippen LogP contribution in [0.2, 0.25) is 0 Å². The third-order valence-corrected chi connectivity index (χ3v) is 2.98. The van der Waals surface area contributed by atoms with Crippen LogP contribution < -0.4 is 0 Å². The Morgan fingerprint density at radius 3 is 2.36 bits per heavy atom. The Bertz CT molecular complexity index is 123. The van der Waals surface area contributed by atoms with Gasteiger partial charge in [0.1, 0.15) is 0 Å². The second kappa shape index (κ2) is 3.94. The zero-order chi connectivity index (χ0) is 8.16. The van der Waals surface area contributed by atoms with Gasteiger partial charge in [-0.1, -0.05) is 38.8 Å². The molecule has 0 aromatic carbocycles. The van der Waals surface area contributed by atoms with Crippen LogP contribution in [-0.4, -0.2) is 0 Å². The maximum absolute atomic E-state index is 2.47. The van der Waals surface area contributed by atoms with Crippen LogP contribution in [0.3, 0.4) is 0 Å². The third-order valence-electron chi connectivity index (χ3n) is 2.98. The molecule has 64 valence electrons. The lowest BCUT2D eigenvalue weighted by Crippen LogP contribution is -2.25. The van der Waals surface area contributed by atoms with E-state index in [0.29, 0.717) is 5.41 Å². The summed E-state index contributed by atoms with van der Waals surface area (Å²) in [6.45, 7) is 4.55. The van der Waals surface area contributed by atoms with Crippen molar-refractivity contribution in [3.8, 4) is 0 Å². The van der Waals surface area contributed by atoms with E-state index in [1.807, 2.05) is 0 Å². The molecule has 0 saturated heterocycles. The van der Waals surface area contributed by atoms with E-state index in [-0.39, 0.29) is 0 Å². The molecule has 1 aliphatic rings. The van der Waals surface area contributed by atoms with Crippen molar-refractivity contribution in [1.82, 2.24) is 0 Å². The van der Waals surface area contributed by atoms with Crippen LogP contribution >= 0.6 is 0 Å². The Morgan fingerprint density at radius 1 is 1.27 bits per heavy atom. The zero-order valence-corrected chi connectivity index (χ0v) is 7.90. The summed E-state index contributed by atoms with van der Waals surface area (Å²) in [5.74, 6) is 0. The van der Waals surface area contributed by atoms with Crippen molar-refractivity contribution in [2.75, 3.05) is 0 Å². The SMILES string of the molecule is CCCC=CC1(CC)CCC1. The molecule has 0 unspecified atom stereocenters. The van der Waals surface area contributed by atoms with Gasteiger partial charge in [0.2, 0.25) is 0 Å². The van der Waals surface area contributed by atoms with Gasteiger partial charge in [0.05, 0.1) is 0 Å². The predicted molar refractivity (Wildman–Crippen MR) is 50.6 cm³/mol. The Kier molecular flexibility index (Phi) is 3.16. The van der Waals surface area contributed by atoms with Gasteiger partial charge in [-0.3, -0.25) is 0 Å². The topological polar surface area (TPSA) is 0 Å². The zero-order valence-electron chi connectivity index (χ0n) is 7.90. The molecule has 0 spiro atoms. The summed E-state index contributed by atoms with van der Waals surface area (Å²) in [7, 11) is 0. The predicted octanol–water partition coefficient (Wildman–Crippen LogP) is 3.92. The molecule has 1 rings (SSSR count). The summed E-state index contributed by atoms with van der Waals surface area (Å²) in [6.07, 6.45) is 13.1. The molecule has 0 aromatic heterocycles. The first kappa shape index (κ1) is 8.83.